The third kappa shape index (κ3) is 4.86. The van der Waals surface area contributed by atoms with Crippen LogP contribution in [-0.2, 0) is 16.0 Å². The van der Waals surface area contributed by atoms with E-state index in [9.17, 15) is 9.59 Å². The second-order valence-electron chi connectivity index (χ2n) is 5.73. The third-order valence-corrected chi connectivity index (χ3v) is 4.41. The Bertz CT molecular complexity index is 577. The number of ether oxygens (including phenoxy) is 1. The average Bonchev–Trinajstić information content (AvgIpc) is 2.56. The summed E-state index contributed by atoms with van der Waals surface area (Å²) < 4.78 is 5.11. The molecule has 0 unspecified atom stereocenters. The minimum atomic E-state index is 0.0301. The Morgan fingerprint density at radius 2 is 2.22 bits per heavy atom. The molecule has 1 atom stereocenters. The molecule has 23 heavy (non-hydrogen) atoms. The molecule has 1 N–H and O–H groups in total. The van der Waals surface area contributed by atoms with Crippen LogP contribution in [0.25, 0.3) is 0 Å². The number of hydrogen-bond acceptors (Lipinski definition) is 3. The maximum atomic E-state index is 12.5. The summed E-state index contributed by atoms with van der Waals surface area (Å²) in [6.07, 6.45) is 2.54. The number of amides is 2. The van der Waals surface area contributed by atoms with Crippen molar-refractivity contribution in [3.8, 4) is 5.75 Å². The average molecular weight is 339 g/mol. The molecule has 1 saturated heterocycles. The molecule has 1 fully saturated rings. The van der Waals surface area contributed by atoms with Gasteiger partial charge in [0.05, 0.1) is 13.5 Å². The topological polar surface area (TPSA) is 58.6 Å². The Hall–Kier alpha value is -1.75. The van der Waals surface area contributed by atoms with Gasteiger partial charge in [-0.1, -0.05) is 24.6 Å². The van der Waals surface area contributed by atoms with Crippen LogP contribution in [0, 0.1) is 0 Å². The molecular weight excluding hydrogens is 316 g/mol. The van der Waals surface area contributed by atoms with Crippen molar-refractivity contribution >= 4 is 23.4 Å². The molecule has 0 spiro atoms. The Kier molecular flexibility index (Phi) is 6.28. The lowest BCUT2D eigenvalue weighted by molar-refractivity contribution is -0.133. The fourth-order valence-electron chi connectivity index (χ4n) is 2.72. The summed E-state index contributed by atoms with van der Waals surface area (Å²) in [6.45, 7) is 3.12. The molecule has 2 amide bonds. The second-order valence-corrected chi connectivity index (χ2v) is 6.14. The van der Waals surface area contributed by atoms with E-state index in [2.05, 4.69) is 5.32 Å². The van der Waals surface area contributed by atoms with Gasteiger partial charge in [-0.15, -0.1) is 0 Å². The summed E-state index contributed by atoms with van der Waals surface area (Å²) >= 11 is 6.20. The molecule has 1 aliphatic heterocycles. The zero-order valence-electron chi connectivity index (χ0n) is 13.6. The van der Waals surface area contributed by atoms with Gasteiger partial charge in [-0.3, -0.25) is 9.59 Å². The number of hydrogen-bond donors (Lipinski definition) is 1. The van der Waals surface area contributed by atoms with Crippen LogP contribution in [0.3, 0.4) is 0 Å². The highest BCUT2D eigenvalue weighted by atomic mass is 35.5. The fraction of sp³-hybridized carbons (Fsp3) is 0.529. The molecule has 2 rings (SSSR count). The summed E-state index contributed by atoms with van der Waals surface area (Å²) in [5, 5.41) is 3.50. The lowest BCUT2D eigenvalue weighted by Gasteiger charge is -2.33. The van der Waals surface area contributed by atoms with Crippen LogP contribution in [0.15, 0.2) is 18.2 Å². The Morgan fingerprint density at radius 1 is 1.43 bits per heavy atom. The largest absolute Gasteiger partial charge is 0.497 e. The summed E-state index contributed by atoms with van der Waals surface area (Å²) in [4.78, 5) is 25.8. The van der Waals surface area contributed by atoms with Crippen molar-refractivity contribution in [2.45, 2.75) is 38.6 Å². The van der Waals surface area contributed by atoms with E-state index in [1.807, 2.05) is 17.9 Å². The molecule has 0 saturated carbocycles. The maximum Gasteiger partial charge on any atom is 0.227 e. The van der Waals surface area contributed by atoms with E-state index in [4.69, 9.17) is 16.3 Å². The molecule has 0 aliphatic carbocycles. The lowest BCUT2D eigenvalue weighted by Crippen LogP contribution is -2.49. The SMILES string of the molecule is CCC(=O)N[C@@H]1CCCN(C(=O)Cc2ccc(OC)cc2Cl)C1. The Morgan fingerprint density at radius 3 is 2.87 bits per heavy atom. The molecule has 0 radical (unpaired) electrons. The van der Waals surface area contributed by atoms with Gasteiger partial charge < -0.3 is 15.0 Å². The van der Waals surface area contributed by atoms with Crippen LogP contribution < -0.4 is 10.1 Å². The number of likely N-dealkylation sites (tertiary alicyclic amines) is 1. The first-order chi connectivity index (χ1) is 11.0. The number of benzene rings is 1. The lowest BCUT2D eigenvalue weighted by atomic mass is 10.0. The van der Waals surface area contributed by atoms with E-state index in [0.717, 1.165) is 24.9 Å². The van der Waals surface area contributed by atoms with Crippen LogP contribution in [0.1, 0.15) is 31.7 Å². The normalized spacial score (nSPS) is 17.7. The van der Waals surface area contributed by atoms with E-state index in [0.29, 0.717) is 23.7 Å². The summed E-state index contributed by atoms with van der Waals surface area (Å²) in [5.74, 6) is 0.738. The van der Waals surface area contributed by atoms with Crippen LogP contribution in [0.5, 0.6) is 5.75 Å². The van der Waals surface area contributed by atoms with E-state index in [1.54, 1.807) is 19.2 Å². The summed E-state index contributed by atoms with van der Waals surface area (Å²) in [6, 6.07) is 5.38. The van der Waals surface area contributed by atoms with E-state index in [1.165, 1.54) is 0 Å². The number of piperidine rings is 1. The second kappa shape index (κ2) is 8.20. The highest BCUT2D eigenvalue weighted by Crippen LogP contribution is 2.23. The van der Waals surface area contributed by atoms with E-state index >= 15 is 0 Å². The number of nitrogens with zero attached hydrogens (tertiary/aromatic N) is 1. The van der Waals surface area contributed by atoms with Gasteiger partial charge in [-0.25, -0.2) is 0 Å². The Labute approximate surface area is 141 Å². The predicted octanol–water partition coefficient (Wildman–Crippen LogP) is 2.41. The molecule has 1 aliphatic rings. The van der Waals surface area contributed by atoms with Crippen molar-refractivity contribution in [2.24, 2.45) is 0 Å². The van der Waals surface area contributed by atoms with Gasteiger partial charge in [-0.05, 0) is 30.5 Å². The molecular formula is C17H23ClN2O3. The van der Waals surface area contributed by atoms with Crippen LogP contribution in [0.4, 0.5) is 0 Å². The first kappa shape index (κ1) is 17.6. The van der Waals surface area contributed by atoms with Crippen molar-refractivity contribution in [2.75, 3.05) is 20.2 Å². The first-order valence-corrected chi connectivity index (χ1v) is 8.30. The van der Waals surface area contributed by atoms with Crippen molar-refractivity contribution in [3.05, 3.63) is 28.8 Å². The predicted molar refractivity (Wildman–Crippen MR) is 89.7 cm³/mol. The highest BCUT2D eigenvalue weighted by molar-refractivity contribution is 6.31. The number of halogens is 1. The monoisotopic (exact) mass is 338 g/mol. The summed E-state index contributed by atoms with van der Waals surface area (Å²) in [5.41, 5.74) is 0.789. The third-order valence-electron chi connectivity index (χ3n) is 4.06. The van der Waals surface area contributed by atoms with Crippen molar-refractivity contribution < 1.29 is 14.3 Å². The minimum absolute atomic E-state index is 0.0301. The van der Waals surface area contributed by atoms with Gasteiger partial charge in [0.25, 0.3) is 0 Å². The smallest absolute Gasteiger partial charge is 0.227 e. The highest BCUT2D eigenvalue weighted by Gasteiger charge is 2.24. The number of carbonyl (C=O) groups is 2. The van der Waals surface area contributed by atoms with Gasteiger partial charge in [0.1, 0.15) is 5.75 Å². The number of nitrogens with one attached hydrogen (secondary N) is 1. The van der Waals surface area contributed by atoms with Crippen molar-refractivity contribution in [3.63, 3.8) is 0 Å². The van der Waals surface area contributed by atoms with Gasteiger partial charge in [-0.2, -0.15) is 0 Å². The van der Waals surface area contributed by atoms with Gasteiger partial charge in [0.2, 0.25) is 11.8 Å². The molecule has 126 valence electrons. The fourth-order valence-corrected chi connectivity index (χ4v) is 2.96. The van der Waals surface area contributed by atoms with Crippen molar-refractivity contribution in [1.82, 2.24) is 10.2 Å². The van der Waals surface area contributed by atoms with Crippen LogP contribution in [-0.4, -0.2) is 43.0 Å². The zero-order valence-corrected chi connectivity index (χ0v) is 14.4. The minimum Gasteiger partial charge on any atom is -0.497 e. The number of carbonyl (C=O) groups excluding carboxylic acids is 2. The zero-order chi connectivity index (χ0) is 16.8. The van der Waals surface area contributed by atoms with E-state index in [-0.39, 0.29) is 24.3 Å². The molecule has 5 nitrogen and oxygen atoms in total. The van der Waals surface area contributed by atoms with E-state index < -0.39 is 0 Å². The first-order valence-electron chi connectivity index (χ1n) is 7.93. The number of methoxy groups -OCH3 is 1. The molecule has 0 aromatic heterocycles. The molecule has 1 aromatic rings. The summed E-state index contributed by atoms with van der Waals surface area (Å²) in [7, 11) is 1.58. The Balaban J connectivity index is 1.96. The molecule has 1 aromatic carbocycles. The maximum absolute atomic E-state index is 12.5. The number of rotatable bonds is 5. The quantitative estimate of drug-likeness (QED) is 0.897. The van der Waals surface area contributed by atoms with Gasteiger partial charge in [0.15, 0.2) is 0 Å². The molecule has 0 bridgehead atoms. The molecule has 6 heteroatoms. The van der Waals surface area contributed by atoms with Crippen LogP contribution in [0.2, 0.25) is 5.02 Å². The standard InChI is InChI=1S/C17H23ClN2O3/c1-3-16(21)19-13-5-4-8-20(11-13)17(22)9-12-6-7-14(23-2)10-15(12)18/h6-7,10,13H,3-5,8-9,11H2,1-2H3,(H,19,21)/t13-/m1/s1. The van der Waals surface area contributed by atoms with Gasteiger partial charge >= 0.3 is 0 Å². The van der Waals surface area contributed by atoms with Crippen LogP contribution >= 0.6 is 11.6 Å². The van der Waals surface area contributed by atoms with Gasteiger partial charge in [0, 0.05) is 30.6 Å². The van der Waals surface area contributed by atoms with Crippen molar-refractivity contribution in [1.29, 1.82) is 0 Å². The molecule has 1 heterocycles.